The molecule has 25 heavy (non-hydrogen) atoms. The first-order valence-corrected chi connectivity index (χ1v) is 8.93. The number of hydrogen-bond donors (Lipinski definition) is 1. The Balaban J connectivity index is 1.62. The monoisotopic (exact) mass is 370 g/mol. The van der Waals surface area contributed by atoms with Crippen molar-refractivity contribution in [3.63, 3.8) is 0 Å². The maximum Gasteiger partial charge on any atom is 0.173 e. The molecule has 3 rings (SSSR count). The summed E-state index contributed by atoms with van der Waals surface area (Å²) in [5, 5.41) is 13.9. The number of thiocarbonyl (C=S) groups is 1. The van der Waals surface area contributed by atoms with Crippen LogP contribution in [-0.4, -0.2) is 36.2 Å². The lowest BCUT2D eigenvalue weighted by atomic mass is 10.1. The maximum absolute atomic E-state index is 9.27. The van der Waals surface area contributed by atoms with E-state index in [0.29, 0.717) is 15.7 Å². The normalized spacial score (nSPS) is 14.1. The molecule has 0 bridgehead atoms. The van der Waals surface area contributed by atoms with Crippen LogP contribution in [0.4, 0.5) is 11.4 Å². The highest BCUT2D eigenvalue weighted by Gasteiger charge is 2.21. The number of para-hydroxylation sites is 1. The summed E-state index contributed by atoms with van der Waals surface area (Å²) in [4.78, 5) is 4.37. The Morgan fingerprint density at radius 3 is 2.56 bits per heavy atom. The second-order valence-electron chi connectivity index (χ2n) is 6.02. The van der Waals surface area contributed by atoms with Crippen molar-refractivity contribution in [1.29, 1.82) is 5.26 Å². The number of halogens is 1. The topological polar surface area (TPSA) is 42.3 Å². The standard InChI is InChI=1S/C19H19ClN4S/c1-14-6-7-17(16(20)12-14)22-19(25)24-10-8-23(9-11-24)18-5-3-2-4-15(18)13-21/h2-7,12H,8-11H2,1H3,(H,22,25). The number of rotatable bonds is 2. The first-order valence-electron chi connectivity index (χ1n) is 8.14. The van der Waals surface area contributed by atoms with E-state index in [1.165, 1.54) is 0 Å². The molecule has 0 saturated carbocycles. The number of aryl methyl sites for hydroxylation is 1. The zero-order valence-electron chi connectivity index (χ0n) is 14.0. The van der Waals surface area contributed by atoms with Crippen LogP contribution < -0.4 is 10.2 Å². The largest absolute Gasteiger partial charge is 0.367 e. The molecule has 1 saturated heterocycles. The third kappa shape index (κ3) is 4.04. The SMILES string of the molecule is Cc1ccc(NC(=S)N2CCN(c3ccccc3C#N)CC2)c(Cl)c1. The molecule has 2 aromatic carbocycles. The predicted octanol–water partition coefficient (Wildman–Crippen LogP) is 4.04. The van der Waals surface area contributed by atoms with Gasteiger partial charge in [0.15, 0.2) is 5.11 Å². The molecule has 1 heterocycles. The number of nitrogens with zero attached hydrogens (tertiary/aromatic N) is 3. The molecular formula is C19H19ClN4S. The summed E-state index contributed by atoms with van der Waals surface area (Å²) in [5.74, 6) is 0. The third-order valence-corrected chi connectivity index (χ3v) is 4.97. The van der Waals surface area contributed by atoms with Gasteiger partial charge in [-0.3, -0.25) is 0 Å². The number of hydrogen-bond acceptors (Lipinski definition) is 3. The fourth-order valence-corrected chi connectivity index (χ4v) is 3.49. The summed E-state index contributed by atoms with van der Waals surface area (Å²) in [6, 6.07) is 15.8. The average molecular weight is 371 g/mol. The molecule has 0 aliphatic carbocycles. The average Bonchev–Trinajstić information content (AvgIpc) is 2.64. The van der Waals surface area contributed by atoms with E-state index in [2.05, 4.69) is 21.2 Å². The second kappa shape index (κ2) is 7.73. The minimum absolute atomic E-state index is 0.670. The van der Waals surface area contributed by atoms with Crippen molar-refractivity contribution in [1.82, 2.24) is 4.90 Å². The Kier molecular flexibility index (Phi) is 5.42. The quantitative estimate of drug-likeness (QED) is 0.808. The highest BCUT2D eigenvalue weighted by atomic mass is 35.5. The van der Waals surface area contributed by atoms with Crippen molar-refractivity contribution in [3.05, 3.63) is 58.6 Å². The summed E-state index contributed by atoms with van der Waals surface area (Å²) in [7, 11) is 0. The fraction of sp³-hybridized carbons (Fsp3) is 0.263. The zero-order valence-corrected chi connectivity index (χ0v) is 15.6. The zero-order chi connectivity index (χ0) is 17.8. The van der Waals surface area contributed by atoms with Crippen LogP contribution in [0.1, 0.15) is 11.1 Å². The summed E-state index contributed by atoms with van der Waals surface area (Å²) in [6.07, 6.45) is 0. The van der Waals surface area contributed by atoms with E-state index < -0.39 is 0 Å². The van der Waals surface area contributed by atoms with Crippen LogP contribution >= 0.6 is 23.8 Å². The molecule has 128 valence electrons. The minimum atomic E-state index is 0.670. The van der Waals surface area contributed by atoms with Gasteiger partial charge in [0, 0.05) is 26.2 Å². The van der Waals surface area contributed by atoms with Gasteiger partial charge in [0.2, 0.25) is 0 Å². The van der Waals surface area contributed by atoms with E-state index >= 15 is 0 Å². The summed E-state index contributed by atoms with van der Waals surface area (Å²) < 4.78 is 0. The van der Waals surface area contributed by atoms with Crippen LogP contribution in [0.25, 0.3) is 0 Å². The summed E-state index contributed by atoms with van der Waals surface area (Å²) >= 11 is 11.8. The lowest BCUT2D eigenvalue weighted by Gasteiger charge is -2.37. The minimum Gasteiger partial charge on any atom is -0.367 e. The third-order valence-electron chi connectivity index (χ3n) is 4.30. The van der Waals surface area contributed by atoms with Crippen molar-refractivity contribution >= 4 is 40.3 Å². The van der Waals surface area contributed by atoms with Crippen molar-refractivity contribution in [2.45, 2.75) is 6.92 Å². The van der Waals surface area contributed by atoms with Crippen molar-refractivity contribution in [2.75, 3.05) is 36.4 Å². The fourth-order valence-electron chi connectivity index (χ4n) is 2.91. The van der Waals surface area contributed by atoms with Crippen molar-refractivity contribution < 1.29 is 0 Å². The molecule has 0 spiro atoms. The predicted molar refractivity (Wildman–Crippen MR) is 107 cm³/mol. The van der Waals surface area contributed by atoms with Gasteiger partial charge in [-0.15, -0.1) is 0 Å². The van der Waals surface area contributed by atoms with E-state index in [1.54, 1.807) is 0 Å². The number of benzene rings is 2. The molecular weight excluding hydrogens is 352 g/mol. The number of piperazine rings is 1. The van der Waals surface area contributed by atoms with Gasteiger partial charge in [0.05, 0.1) is 22.0 Å². The molecule has 0 atom stereocenters. The van der Waals surface area contributed by atoms with E-state index in [1.807, 2.05) is 49.4 Å². The lowest BCUT2D eigenvalue weighted by Crippen LogP contribution is -2.50. The van der Waals surface area contributed by atoms with Gasteiger partial charge in [0.25, 0.3) is 0 Å². The molecule has 1 aliphatic heterocycles. The van der Waals surface area contributed by atoms with E-state index in [0.717, 1.165) is 43.1 Å². The Morgan fingerprint density at radius 2 is 1.88 bits per heavy atom. The Bertz CT molecular complexity index is 822. The molecule has 1 N–H and O–H groups in total. The molecule has 2 aromatic rings. The second-order valence-corrected chi connectivity index (χ2v) is 6.81. The molecule has 0 radical (unpaired) electrons. The molecule has 0 unspecified atom stereocenters. The van der Waals surface area contributed by atoms with Gasteiger partial charge >= 0.3 is 0 Å². The molecule has 0 amide bonds. The smallest absolute Gasteiger partial charge is 0.173 e. The van der Waals surface area contributed by atoms with Crippen LogP contribution in [0.3, 0.4) is 0 Å². The van der Waals surface area contributed by atoms with Crippen molar-refractivity contribution in [3.8, 4) is 6.07 Å². The number of anilines is 2. The first kappa shape index (κ1) is 17.5. The van der Waals surface area contributed by atoms with Crippen LogP contribution in [0.2, 0.25) is 5.02 Å². The van der Waals surface area contributed by atoms with Gasteiger partial charge in [-0.25, -0.2) is 0 Å². The maximum atomic E-state index is 9.27. The van der Waals surface area contributed by atoms with E-state index in [4.69, 9.17) is 23.8 Å². The van der Waals surface area contributed by atoms with Gasteiger partial charge < -0.3 is 15.1 Å². The van der Waals surface area contributed by atoms with Gasteiger partial charge in [-0.05, 0) is 49.0 Å². The lowest BCUT2D eigenvalue weighted by molar-refractivity contribution is 0.391. The Hall–Kier alpha value is -2.29. The molecule has 1 fully saturated rings. The van der Waals surface area contributed by atoms with Crippen LogP contribution in [-0.2, 0) is 0 Å². The molecule has 0 aromatic heterocycles. The van der Waals surface area contributed by atoms with Gasteiger partial charge in [-0.1, -0.05) is 29.8 Å². The van der Waals surface area contributed by atoms with E-state index in [-0.39, 0.29) is 0 Å². The van der Waals surface area contributed by atoms with Crippen LogP contribution in [0, 0.1) is 18.3 Å². The summed E-state index contributed by atoms with van der Waals surface area (Å²) in [5.41, 5.74) is 3.65. The van der Waals surface area contributed by atoms with Gasteiger partial charge in [-0.2, -0.15) is 5.26 Å². The van der Waals surface area contributed by atoms with Crippen LogP contribution in [0.5, 0.6) is 0 Å². The highest BCUT2D eigenvalue weighted by Crippen LogP contribution is 2.24. The van der Waals surface area contributed by atoms with E-state index in [9.17, 15) is 5.26 Å². The first-order chi connectivity index (χ1) is 12.1. The number of nitrogens with one attached hydrogen (secondary N) is 1. The highest BCUT2D eigenvalue weighted by molar-refractivity contribution is 7.80. The number of nitriles is 1. The molecule has 4 nitrogen and oxygen atoms in total. The van der Waals surface area contributed by atoms with Gasteiger partial charge in [0.1, 0.15) is 6.07 Å². The molecule has 6 heteroatoms. The summed E-state index contributed by atoms with van der Waals surface area (Å²) in [6.45, 7) is 5.25. The van der Waals surface area contributed by atoms with Crippen molar-refractivity contribution in [2.24, 2.45) is 0 Å². The Labute approximate surface area is 158 Å². The van der Waals surface area contributed by atoms with Crippen LogP contribution in [0.15, 0.2) is 42.5 Å². The Morgan fingerprint density at radius 1 is 1.16 bits per heavy atom. The molecule has 1 aliphatic rings.